The SMILES string of the molecule is COCn1c(=O)c2c(c3c(C)cc(/C=N/N4CCOCC4)cc31)NCCC2.COCn1c(=O)c2c(c3c(C)cc(C=O)cc31)NCCC2. The molecule has 0 radical (unpaired) electrons. The Bertz CT molecular complexity index is 1990. The van der Waals surface area contributed by atoms with Crippen LogP contribution in [0.15, 0.2) is 39.0 Å². The van der Waals surface area contributed by atoms with Crippen molar-refractivity contribution in [1.29, 1.82) is 0 Å². The van der Waals surface area contributed by atoms with Gasteiger partial charge in [-0.15, -0.1) is 0 Å². The maximum absolute atomic E-state index is 13.0. The molecule has 3 aliphatic heterocycles. The highest BCUT2D eigenvalue weighted by molar-refractivity contribution is 6.00. The van der Waals surface area contributed by atoms with Crippen molar-refractivity contribution >= 4 is 45.7 Å². The Hall–Kier alpha value is -4.52. The largest absolute Gasteiger partial charge is 0.384 e. The number of hydrogen-bond acceptors (Lipinski definition) is 10. The topological polar surface area (TPSA) is 128 Å². The Labute approximate surface area is 279 Å². The van der Waals surface area contributed by atoms with E-state index in [9.17, 15) is 14.4 Å². The van der Waals surface area contributed by atoms with Gasteiger partial charge in [0.25, 0.3) is 11.1 Å². The van der Waals surface area contributed by atoms with Gasteiger partial charge in [-0.3, -0.25) is 28.5 Å². The first-order chi connectivity index (χ1) is 23.4. The molecule has 4 aromatic rings. The second-order valence-electron chi connectivity index (χ2n) is 12.5. The van der Waals surface area contributed by atoms with Crippen molar-refractivity contribution in [3.05, 3.63) is 78.4 Å². The lowest BCUT2D eigenvalue weighted by atomic mass is 9.97. The number of nitrogens with zero attached hydrogens (tertiary/aromatic N) is 4. The summed E-state index contributed by atoms with van der Waals surface area (Å²) in [5.41, 5.74) is 8.89. The Kier molecular flexibility index (Phi) is 10.2. The van der Waals surface area contributed by atoms with E-state index in [4.69, 9.17) is 14.2 Å². The summed E-state index contributed by atoms with van der Waals surface area (Å²) in [4.78, 5) is 36.8. The molecule has 0 bridgehead atoms. The number of benzene rings is 2. The zero-order valence-electron chi connectivity index (χ0n) is 28.2. The zero-order chi connectivity index (χ0) is 33.8. The molecule has 2 aromatic carbocycles. The number of aldehydes is 1. The highest BCUT2D eigenvalue weighted by Crippen LogP contribution is 2.33. The van der Waals surface area contributed by atoms with E-state index in [1.165, 1.54) is 0 Å². The number of aryl methyl sites for hydroxylation is 2. The van der Waals surface area contributed by atoms with Gasteiger partial charge in [0.05, 0.1) is 54.9 Å². The lowest BCUT2D eigenvalue weighted by Crippen LogP contribution is -2.32. The summed E-state index contributed by atoms with van der Waals surface area (Å²) in [5.74, 6) is 0. The first-order valence-corrected chi connectivity index (χ1v) is 16.5. The third kappa shape index (κ3) is 6.47. The van der Waals surface area contributed by atoms with E-state index in [2.05, 4.69) is 28.7 Å². The fraction of sp³-hybridized carbons (Fsp3) is 0.444. The normalized spacial score (nSPS) is 15.8. The lowest BCUT2D eigenvalue weighted by molar-refractivity contribution is 0.0397. The molecule has 0 atom stereocenters. The average molecular weight is 657 g/mol. The van der Waals surface area contributed by atoms with Crippen LogP contribution in [-0.4, -0.2) is 80.3 Å². The number of hydrogen-bond donors (Lipinski definition) is 2. The summed E-state index contributed by atoms with van der Waals surface area (Å²) in [7, 11) is 3.18. The van der Waals surface area contributed by atoms with E-state index < -0.39 is 0 Å². The van der Waals surface area contributed by atoms with Gasteiger partial charge in [0, 0.05) is 54.8 Å². The molecular formula is C36H44N6O6. The number of rotatable bonds is 7. The number of carbonyl (C=O) groups is 1. The quantitative estimate of drug-likeness (QED) is 0.224. The molecular weight excluding hydrogens is 612 g/mol. The molecule has 0 amide bonds. The number of methoxy groups -OCH3 is 2. The fourth-order valence-corrected chi connectivity index (χ4v) is 7.01. The van der Waals surface area contributed by atoms with Crippen molar-refractivity contribution in [2.24, 2.45) is 5.10 Å². The summed E-state index contributed by atoms with van der Waals surface area (Å²) in [5, 5.41) is 15.5. The number of aromatic nitrogens is 2. The molecule has 0 aliphatic carbocycles. The van der Waals surface area contributed by atoms with Crippen molar-refractivity contribution in [2.45, 2.75) is 53.0 Å². The molecule has 12 heteroatoms. The van der Waals surface area contributed by atoms with Gasteiger partial charge in [-0.1, -0.05) is 0 Å². The molecule has 2 aromatic heterocycles. The van der Waals surface area contributed by atoms with Gasteiger partial charge >= 0.3 is 0 Å². The summed E-state index contributed by atoms with van der Waals surface area (Å²) in [6.45, 7) is 9.26. The minimum Gasteiger partial charge on any atom is -0.384 e. The molecule has 0 saturated carbocycles. The van der Waals surface area contributed by atoms with Crippen LogP contribution in [0.3, 0.4) is 0 Å². The van der Waals surface area contributed by atoms with Crippen LogP contribution in [-0.2, 0) is 40.5 Å². The van der Waals surface area contributed by atoms with Gasteiger partial charge in [-0.25, -0.2) is 0 Å². The van der Waals surface area contributed by atoms with Crippen LogP contribution in [0.1, 0.15) is 51.0 Å². The number of anilines is 2. The standard InChI is InChI=1S/C20H26N4O3.C16H18N2O3/c1-14-10-15(12-22-23-6-8-27-9-7-23)11-17-18(14)19-16(4-3-5-21-19)20(25)24(17)13-26-2;1-10-6-11(8-19)7-13-14(10)15-12(4-3-5-17-15)16(20)18(13)9-21-2/h10-12,21H,3-9,13H2,1-2H3;6-8,17H,3-5,9H2,1-2H3/b22-12+;. The minimum absolute atomic E-state index is 0.0333. The van der Waals surface area contributed by atoms with Crippen LogP contribution in [0.4, 0.5) is 11.4 Å². The fourth-order valence-electron chi connectivity index (χ4n) is 7.01. The van der Waals surface area contributed by atoms with Crippen molar-refractivity contribution in [1.82, 2.24) is 14.1 Å². The maximum atomic E-state index is 13.0. The highest BCUT2D eigenvalue weighted by atomic mass is 16.5. The smallest absolute Gasteiger partial charge is 0.258 e. The Balaban J connectivity index is 0.000000173. The van der Waals surface area contributed by atoms with Gasteiger partial charge in [-0.05, 0) is 80.5 Å². The van der Waals surface area contributed by atoms with E-state index in [0.29, 0.717) is 18.8 Å². The predicted molar refractivity (Wildman–Crippen MR) is 189 cm³/mol. The molecule has 0 unspecified atom stereocenters. The molecule has 0 spiro atoms. The molecule has 254 valence electrons. The third-order valence-corrected chi connectivity index (χ3v) is 9.19. The van der Waals surface area contributed by atoms with Crippen molar-refractivity contribution in [3.63, 3.8) is 0 Å². The van der Waals surface area contributed by atoms with Gasteiger partial charge in [0.2, 0.25) is 0 Å². The van der Waals surface area contributed by atoms with E-state index in [1.807, 2.05) is 30.3 Å². The zero-order valence-corrected chi connectivity index (χ0v) is 28.2. The Morgan fingerprint density at radius 1 is 0.792 bits per heavy atom. The van der Waals surface area contributed by atoms with Crippen LogP contribution in [0.25, 0.3) is 21.8 Å². The minimum atomic E-state index is -0.0333. The monoisotopic (exact) mass is 656 g/mol. The number of hydrazone groups is 1. The van der Waals surface area contributed by atoms with Gasteiger partial charge in [0.15, 0.2) is 0 Å². The van der Waals surface area contributed by atoms with Crippen LogP contribution >= 0.6 is 0 Å². The van der Waals surface area contributed by atoms with Crippen LogP contribution in [0.2, 0.25) is 0 Å². The Morgan fingerprint density at radius 2 is 1.29 bits per heavy atom. The first kappa shape index (κ1) is 33.4. The number of nitrogens with one attached hydrogen (secondary N) is 2. The van der Waals surface area contributed by atoms with Crippen LogP contribution in [0, 0.1) is 13.8 Å². The van der Waals surface area contributed by atoms with E-state index in [0.717, 1.165) is 119 Å². The summed E-state index contributed by atoms with van der Waals surface area (Å²) >= 11 is 0. The lowest BCUT2D eigenvalue weighted by Gasteiger charge is -2.24. The maximum Gasteiger partial charge on any atom is 0.258 e. The van der Waals surface area contributed by atoms with Gasteiger partial charge in [-0.2, -0.15) is 5.10 Å². The second-order valence-corrected chi connectivity index (χ2v) is 12.5. The van der Waals surface area contributed by atoms with E-state index in [-0.39, 0.29) is 24.6 Å². The van der Waals surface area contributed by atoms with Crippen molar-refractivity contribution in [3.8, 4) is 0 Å². The number of pyridine rings is 2. The molecule has 5 heterocycles. The summed E-state index contributed by atoms with van der Waals surface area (Å²) in [6, 6.07) is 7.77. The van der Waals surface area contributed by atoms with Crippen molar-refractivity contribution in [2.75, 3.05) is 64.2 Å². The van der Waals surface area contributed by atoms with Crippen molar-refractivity contribution < 1.29 is 19.0 Å². The van der Waals surface area contributed by atoms with E-state index in [1.54, 1.807) is 29.4 Å². The molecule has 12 nitrogen and oxygen atoms in total. The van der Waals surface area contributed by atoms with Gasteiger partial charge < -0.3 is 24.8 Å². The van der Waals surface area contributed by atoms with Crippen LogP contribution < -0.4 is 21.8 Å². The third-order valence-electron chi connectivity index (χ3n) is 9.19. The average Bonchev–Trinajstić information content (AvgIpc) is 3.11. The molecule has 3 aliphatic rings. The molecule has 7 rings (SSSR count). The van der Waals surface area contributed by atoms with Gasteiger partial charge in [0.1, 0.15) is 19.7 Å². The molecule has 1 fully saturated rings. The number of fused-ring (bicyclic) bond motifs is 6. The second kappa shape index (κ2) is 14.7. The number of morpholine rings is 1. The molecule has 48 heavy (non-hydrogen) atoms. The summed E-state index contributed by atoms with van der Waals surface area (Å²) in [6.07, 6.45) is 6.18. The summed E-state index contributed by atoms with van der Waals surface area (Å²) < 4.78 is 19.2. The van der Waals surface area contributed by atoms with Crippen LogP contribution in [0.5, 0.6) is 0 Å². The number of carbonyl (C=O) groups excluding carboxylic acids is 1. The first-order valence-electron chi connectivity index (χ1n) is 16.5. The predicted octanol–water partition coefficient (Wildman–Crippen LogP) is 4.02. The number of ether oxygens (including phenoxy) is 3. The Morgan fingerprint density at radius 3 is 1.79 bits per heavy atom. The molecule has 2 N–H and O–H groups in total. The van der Waals surface area contributed by atoms with E-state index >= 15 is 0 Å². The highest BCUT2D eigenvalue weighted by Gasteiger charge is 2.22. The molecule has 1 saturated heterocycles.